The molecule has 1 fully saturated rings. The van der Waals surface area contributed by atoms with Crippen LogP contribution in [0, 0.1) is 0 Å². The fraction of sp³-hybridized carbons (Fsp3) is 0.316. The van der Waals surface area contributed by atoms with Crippen LogP contribution in [0.15, 0.2) is 30.6 Å². The van der Waals surface area contributed by atoms with Crippen molar-refractivity contribution in [2.45, 2.75) is 38.1 Å². The Bertz CT molecular complexity index is 994. The van der Waals surface area contributed by atoms with E-state index in [2.05, 4.69) is 10.1 Å². The minimum atomic E-state index is -0.383. The van der Waals surface area contributed by atoms with Gasteiger partial charge in [-0.1, -0.05) is 42.5 Å². The number of benzene rings is 1. The lowest BCUT2D eigenvalue weighted by Crippen LogP contribution is -2.14. The summed E-state index contributed by atoms with van der Waals surface area (Å²) in [4.78, 5) is 17.2. The zero-order valence-electron chi connectivity index (χ0n) is 14.0. The van der Waals surface area contributed by atoms with Gasteiger partial charge in [-0.05, 0) is 31.0 Å². The molecule has 134 valence electrons. The number of hydrogen-bond donors (Lipinski definition) is 1. The molecule has 0 amide bonds. The number of fused-ring (bicyclic) bond motifs is 1. The highest BCUT2D eigenvalue weighted by Gasteiger charge is 2.21. The molecular formula is C19H17Cl2N3O2. The second-order valence-corrected chi connectivity index (χ2v) is 7.47. The molecule has 0 unspecified atom stereocenters. The van der Waals surface area contributed by atoms with Crippen LogP contribution in [0.3, 0.4) is 0 Å². The zero-order valence-corrected chi connectivity index (χ0v) is 15.5. The minimum Gasteiger partial charge on any atom is -0.506 e. The second-order valence-electron chi connectivity index (χ2n) is 6.63. The topological polar surface area (TPSA) is 68.0 Å². The van der Waals surface area contributed by atoms with E-state index >= 15 is 0 Å². The van der Waals surface area contributed by atoms with Crippen LogP contribution in [-0.2, 0) is 0 Å². The van der Waals surface area contributed by atoms with Gasteiger partial charge >= 0.3 is 0 Å². The Morgan fingerprint density at radius 3 is 2.65 bits per heavy atom. The predicted octanol–water partition coefficient (Wildman–Crippen LogP) is 5.18. The molecule has 1 aromatic carbocycles. The smallest absolute Gasteiger partial charge is 0.198 e. The first-order chi connectivity index (χ1) is 12.5. The predicted molar refractivity (Wildman–Crippen MR) is 101 cm³/mol. The maximum atomic E-state index is 12.8. The van der Waals surface area contributed by atoms with Crippen molar-refractivity contribution >= 4 is 40.0 Å². The van der Waals surface area contributed by atoms with Gasteiger partial charge in [-0.25, -0.2) is 9.67 Å². The van der Waals surface area contributed by atoms with Crippen LogP contribution in [0.25, 0.3) is 11.0 Å². The Hall–Kier alpha value is -2.11. The number of carbonyl (C=O) groups is 1. The lowest BCUT2D eigenvalue weighted by atomic mass is 9.96. The molecule has 0 bridgehead atoms. The number of aromatic nitrogens is 3. The van der Waals surface area contributed by atoms with Gasteiger partial charge in [-0.3, -0.25) is 4.79 Å². The van der Waals surface area contributed by atoms with Gasteiger partial charge in [0.25, 0.3) is 0 Å². The fourth-order valence-corrected chi connectivity index (χ4v) is 4.05. The average molecular weight is 390 g/mol. The first-order valence-corrected chi connectivity index (χ1v) is 9.36. The summed E-state index contributed by atoms with van der Waals surface area (Å²) < 4.78 is 1.97. The summed E-state index contributed by atoms with van der Waals surface area (Å²) in [7, 11) is 0. The zero-order chi connectivity index (χ0) is 18.3. The van der Waals surface area contributed by atoms with Crippen LogP contribution in [-0.4, -0.2) is 25.7 Å². The summed E-state index contributed by atoms with van der Waals surface area (Å²) in [6.07, 6.45) is 9.14. The number of pyridine rings is 1. The molecule has 0 aliphatic heterocycles. The van der Waals surface area contributed by atoms with Crippen LogP contribution in [0.1, 0.15) is 54.1 Å². The summed E-state index contributed by atoms with van der Waals surface area (Å²) >= 11 is 11.9. The normalized spacial score (nSPS) is 15.5. The molecule has 0 radical (unpaired) electrons. The summed E-state index contributed by atoms with van der Waals surface area (Å²) in [5.74, 6) is -0.661. The Kier molecular flexibility index (Phi) is 4.59. The summed E-state index contributed by atoms with van der Waals surface area (Å²) in [6.45, 7) is 0. The average Bonchev–Trinajstić information content (AvgIpc) is 3.08. The van der Waals surface area contributed by atoms with E-state index in [9.17, 15) is 9.90 Å². The molecule has 1 aliphatic carbocycles. The number of hydrogen-bond acceptors (Lipinski definition) is 4. The molecule has 1 N–H and O–H groups in total. The van der Waals surface area contributed by atoms with Gasteiger partial charge in [-0.15, -0.1) is 0 Å². The van der Waals surface area contributed by atoms with Crippen molar-refractivity contribution < 1.29 is 9.90 Å². The number of nitrogens with zero attached hydrogens (tertiary/aromatic N) is 3. The van der Waals surface area contributed by atoms with Gasteiger partial charge in [0.15, 0.2) is 11.4 Å². The molecule has 2 heterocycles. The lowest BCUT2D eigenvalue weighted by Gasteiger charge is -2.22. The largest absolute Gasteiger partial charge is 0.506 e. The van der Waals surface area contributed by atoms with Crippen LogP contribution >= 0.6 is 23.2 Å². The van der Waals surface area contributed by atoms with Gasteiger partial charge < -0.3 is 5.11 Å². The van der Waals surface area contributed by atoms with Crippen molar-refractivity contribution in [3.8, 4) is 5.75 Å². The SMILES string of the molecule is O=C(c1cnc2c(cnn2C2CCCCC2)c1)c1cc(Cl)cc(Cl)c1O. The van der Waals surface area contributed by atoms with Crippen molar-refractivity contribution in [2.75, 3.05) is 0 Å². The Labute approximate surface area is 160 Å². The van der Waals surface area contributed by atoms with Crippen molar-refractivity contribution in [2.24, 2.45) is 0 Å². The van der Waals surface area contributed by atoms with Crippen molar-refractivity contribution in [1.29, 1.82) is 0 Å². The van der Waals surface area contributed by atoms with E-state index in [1.807, 2.05) is 4.68 Å². The molecule has 7 heteroatoms. The highest BCUT2D eigenvalue weighted by molar-refractivity contribution is 6.36. The van der Waals surface area contributed by atoms with E-state index in [0.29, 0.717) is 11.6 Å². The number of halogens is 2. The molecule has 0 spiro atoms. The number of rotatable bonds is 3. The second kappa shape index (κ2) is 6.89. The van der Waals surface area contributed by atoms with Crippen LogP contribution in [0.5, 0.6) is 5.75 Å². The van der Waals surface area contributed by atoms with Gasteiger partial charge in [0.2, 0.25) is 0 Å². The Morgan fingerprint density at radius 1 is 1.12 bits per heavy atom. The monoisotopic (exact) mass is 389 g/mol. The Balaban J connectivity index is 1.71. The number of phenols is 1. The molecular weight excluding hydrogens is 373 g/mol. The van der Waals surface area contributed by atoms with Gasteiger partial charge in [0.05, 0.1) is 22.8 Å². The molecule has 2 aromatic heterocycles. The highest BCUT2D eigenvalue weighted by atomic mass is 35.5. The van der Waals surface area contributed by atoms with Gasteiger partial charge in [0, 0.05) is 22.2 Å². The highest BCUT2D eigenvalue weighted by Crippen LogP contribution is 2.33. The fourth-order valence-electron chi connectivity index (χ4n) is 3.55. The van der Waals surface area contributed by atoms with Crippen LogP contribution in [0.2, 0.25) is 10.0 Å². The van der Waals surface area contributed by atoms with E-state index < -0.39 is 0 Å². The molecule has 0 saturated heterocycles. The number of ketones is 1. The van der Waals surface area contributed by atoms with Crippen molar-refractivity contribution in [1.82, 2.24) is 14.8 Å². The molecule has 3 aromatic rings. The first kappa shape index (κ1) is 17.3. The standard InChI is InChI=1S/C19H17Cl2N3O2/c20-13-7-15(18(26)16(21)8-13)17(25)11-6-12-10-23-24(19(12)22-9-11)14-4-2-1-3-5-14/h6-10,14,26H,1-5H2. The Morgan fingerprint density at radius 2 is 1.88 bits per heavy atom. The molecule has 1 saturated carbocycles. The van der Waals surface area contributed by atoms with E-state index in [-0.39, 0.29) is 27.1 Å². The van der Waals surface area contributed by atoms with Crippen molar-refractivity contribution in [3.05, 3.63) is 51.8 Å². The molecule has 5 nitrogen and oxygen atoms in total. The van der Waals surface area contributed by atoms with E-state index in [4.69, 9.17) is 23.2 Å². The van der Waals surface area contributed by atoms with Crippen molar-refractivity contribution in [3.63, 3.8) is 0 Å². The molecule has 0 atom stereocenters. The third kappa shape index (κ3) is 3.06. The summed E-state index contributed by atoms with van der Waals surface area (Å²) in [5, 5.41) is 15.7. The lowest BCUT2D eigenvalue weighted by molar-refractivity contribution is 0.103. The van der Waals surface area contributed by atoms with Gasteiger partial charge in [-0.2, -0.15) is 5.10 Å². The maximum Gasteiger partial charge on any atom is 0.198 e. The summed E-state index contributed by atoms with van der Waals surface area (Å²) in [6, 6.07) is 4.91. The number of phenolic OH excluding ortho intramolecular Hbond substituents is 1. The van der Waals surface area contributed by atoms with E-state index in [0.717, 1.165) is 23.9 Å². The molecule has 26 heavy (non-hydrogen) atoms. The van der Waals surface area contributed by atoms with E-state index in [1.54, 1.807) is 12.3 Å². The minimum absolute atomic E-state index is 0.0417. The third-order valence-electron chi connectivity index (χ3n) is 4.89. The summed E-state index contributed by atoms with van der Waals surface area (Å²) in [5.41, 5.74) is 1.19. The molecule has 1 aliphatic rings. The number of aromatic hydroxyl groups is 1. The van der Waals surface area contributed by atoms with Crippen LogP contribution in [0.4, 0.5) is 0 Å². The van der Waals surface area contributed by atoms with E-state index in [1.165, 1.54) is 37.6 Å². The quantitative estimate of drug-likeness (QED) is 0.626. The van der Waals surface area contributed by atoms with Crippen LogP contribution < -0.4 is 0 Å². The maximum absolute atomic E-state index is 12.8. The number of carbonyl (C=O) groups excluding carboxylic acids is 1. The van der Waals surface area contributed by atoms with Gasteiger partial charge in [0.1, 0.15) is 5.75 Å². The molecule has 4 rings (SSSR count). The first-order valence-electron chi connectivity index (χ1n) is 8.60. The third-order valence-corrected chi connectivity index (χ3v) is 5.40.